The van der Waals surface area contributed by atoms with Crippen LogP contribution in [0.3, 0.4) is 0 Å². The molecular weight excluding hydrogens is 264 g/mol. The molecule has 2 atom stereocenters. The van der Waals surface area contributed by atoms with E-state index in [1.165, 1.54) is 39.1 Å². The van der Waals surface area contributed by atoms with Gasteiger partial charge in [0.2, 0.25) is 0 Å². The Bertz CT molecular complexity index is 437. The number of rotatable bonds is 7. The van der Waals surface area contributed by atoms with E-state index in [-0.39, 0.29) is 0 Å². The van der Waals surface area contributed by atoms with Crippen molar-refractivity contribution < 1.29 is 0 Å². The molecule has 3 aliphatic heterocycles. The lowest BCUT2D eigenvalue weighted by Gasteiger charge is -2.50. The number of nitrogens with one attached hydrogen (secondary N) is 1. The molecule has 0 amide bonds. The van der Waals surface area contributed by atoms with E-state index in [0.29, 0.717) is 12.1 Å². The van der Waals surface area contributed by atoms with Crippen molar-refractivity contribution in [2.75, 3.05) is 39.3 Å². The van der Waals surface area contributed by atoms with Gasteiger partial charge in [-0.05, 0) is 19.9 Å². The fourth-order valence-corrected chi connectivity index (χ4v) is 3.62. The van der Waals surface area contributed by atoms with Crippen LogP contribution in [0.4, 0.5) is 0 Å². The maximum atomic E-state index is 4.47. The Morgan fingerprint density at radius 1 is 1.29 bits per heavy atom. The average Bonchev–Trinajstić information content (AvgIpc) is 2.99. The number of aryl methyl sites for hydroxylation is 1. The van der Waals surface area contributed by atoms with Crippen LogP contribution < -0.4 is 5.32 Å². The van der Waals surface area contributed by atoms with E-state index < -0.39 is 0 Å². The van der Waals surface area contributed by atoms with Crippen LogP contribution in [0.25, 0.3) is 0 Å². The van der Waals surface area contributed by atoms with E-state index in [9.17, 15) is 0 Å². The van der Waals surface area contributed by atoms with Crippen LogP contribution >= 0.6 is 0 Å². The minimum absolute atomic E-state index is 0.475. The molecule has 6 nitrogen and oxygen atoms in total. The third-order valence-electron chi connectivity index (χ3n) is 4.84. The van der Waals surface area contributed by atoms with Crippen molar-refractivity contribution in [1.29, 1.82) is 0 Å². The molecule has 0 aliphatic carbocycles. The second-order valence-corrected chi connectivity index (χ2v) is 6.16. The van der Waals surface area contributed by atoms with Crippen molar-refractivity contribution in [3.63, 3.8) is 0 Å². The third kappa shape index (κ3) is 3.27. The van der Waals surface area contributed by atoms with E-state index in [0.717, 1.165) is 25.3 Å². The standard InChI is InChI=1S/C15H28N6/c1-3-5-16-13(10-15-17-12-18-21(15)4-2)14-11-19-6-8-20(14)9-7-19/h12-14,16H,3-11H2,1-2H3. The molecule has 4 rings (SSSR count). The fraction of sp³-hybridized carbons (Fsp3) is 0.867. The Morgan fingerprint density at radius 3 is 2.71 bits per heavy atom. The summed E-state index contributed by atoms with van der Waals surface area (Å²) in [5.41, 5.74) is 0. The van der Waals surface area contributed by atoms with Crippen LogP contribution in [0, 0.1) is 0 Å². The van der Waals surface area contributed by atoms with Crippen LogP contribution in [0.5, 0.6) is 0 Å². The first kappa shape index (κ1) is 14.9. The maximum Gasteiger partial charge on any atom is 0.138 e. The van der Waals surface area contributed by atoms with Gasteiger partial charge in [0.05, 0.1) is 0 Å². The van der Waals surface area contributed by atoms with E-state index in [2.05, 4.69) is 39.0 Å². The molecule has 21 heavy (non-hydrogen) atoms. The first-order valence-corrected chi connectivity index (χ1v) is 8.38. The lowest BCUT2D eigenvalue weighted by atomic mass is 9.97. The minimum atomic E-state index is 0.475. The number of piperazine rings is 3. The SMILES string of the molecule is CCCNC(Cc1ncnn1CC)C1CN2CCN1CC2. The van der Waals surface area contributed by atoms with Gasteiger partial charge >= 0.3 is 0 Å². The summed E-state index contributed by atoms with van der Waals surface area (Å²) in [6.45, 7) is 12.4. The normalized spacial score (nSPS) is 29.7. The fourth-order valence-electron chi connectivity index (χ4n) is 3.62. The second-order valence-electron chi connectivity index (χ2n) is 6.16. The topological polar surface area (TPSA) is 49.2 Å². The molecule has 118 valence electrons. The molecule has 0 radical (unpaired) electrons. The molecule has 1 aromatic rings. The number of aromatic nitrogens is 3. The molecule has 2 unspecified atom stereocenters. The quantitative estimate of drug-likeness (QED) is 0.778. The zero-order valence-electron chi connectivity index (χ0n) is 13.3. The van der Waals surface area contributed by atoms with Crippen molar-refractivity contribution in [3.05, 3.63) is 12.2 Å². The van der Waals surface area contributed by atoms with Gasteiger partial charge in [-0.1, -0.05) is 6.92 Å². The Morgan fingerprint density at radius 2 is 2.10 bits per heavy atom. The first-order chi connectivity index (χ1) is 10.3. The van der Waals surface area contributed by atoms with Gasteiger partial charge in [0.25, 0.3) is 0 Å². The number of hydrogen-bond acceptors (Lipinski definition) is 5. The van der Waals surface area contributed by atoms with Gasteiger partial charge in [0.1, 0.15) is 12.2 Å². The van der Waals surface area contributed by atoms with Crippen molar-refractivity contribution in [2.24, 2.45) is 0 Å². The summed E-state index contributed by atoms with van der Waals surface area (Å²) in [5, 5.41) is 8.08. The zero-order chi connectivity index (χ0) is 14.7. The molecule has 3 aliphatic rings. The molecule has 0 aromatic carbocycles. The highest BCUT2D eigenvalue weighted by Gasteiger charge is 2.36. The molecule has 2 bridgehead atoms. The van der Waals surface area contributed by atoms with Crippen molar-refractivity contribution in [2.45, 2.75) is 45.3 Å². The van der Waals surface area contributed by atoms with Gasteiger partial charge in [-0.25, -0.2) is 4.98 Å². The van der Waals surface area contributed by atoms with Crippen molar-refractivity contribution in [3.8, 4) is 0 Å². The highest BCUT2D eigenvalue weighted by atomic mass is 15.4. The van der Waals surface area contributed by atoms with Crippen LogP contribution in [0.2, 0.25) is 0 Å². The molecule has 6 heteroatoms. The molecule has 3 fully saturated rings. The molecule has 1 aromatic heterocycles. The molecule has 3 saturated heterocycles. The average molecular weight is 292 g/mol. The van der Waals surface area contributed by atoms with E-state index in [1.807, 2.05) is 4.68 Å². The number of hydrogen-bond donors (Lipinski definition) is 1. The molecule has 0 saturated carbocycles. The van der Waals surface area contributed by atoms with Gasteiger partial charge in [-0.2, -0.15) is 5.10 Å². The smallest absolute Gasteiger partial charge is 0.138 e. The van der Waals surface area contributed by atoms with Crippen LogP contribution in [0.15, 0.2) is 6.33 Å². The van der Waals surface area contributed by atoms with Crippen LogP contribution in [-0.4, -0.2) is 75.9 Å². The molecular formula is C15H28N6. The third-order valence-corrected chi connectivity index (χ3v) is 4.84. The summed E-state index contributed by atoms with van der Waals surface area (Å²) in [6, 6.07) is 1.09. The summed E-state index contributed by atoms with van der Waals surface area (Å²) in [6.07, 6.45) is 3.84. The Kier molecular flexibility index (Phi) is 4.87. The van der Waals surface area contributed by atoms with Crippen LogP contribution in [-0.2, 0) is 13.0 Å². The predicted molar refractivity (Wildman–Crippen MR) is 83.3 cm³/mol. The highest BCUT2D eigenvalue weighted by molar-refractivity contribution is 5.00. The maximum absolute atomic E-state index is 4.47. The second kappa shape index (κ2) is 6.85. The van der Waals surface area contributed by atoms with E-state index >= 15 is 0 Å². The minimum Gasteiger partial charge on any atom is -0.312 e. The van der Waals surface area contributed by atoms with Gasteiger partial charge in [-0.15, -0.1) is 0 Å². The van der Waals surface area contributed by atoms with E-state index in [4.69, 9.17) is 0 Å². The summed E-state index contributed by atoms with van der Waals surface area (Å²) in [7, 11) is 0. The van der Waals surface area contributed by atoms with Gasteiger partial charge in [0.15, 0.2) is 0 Å². The van der Waals surface area contributed by atoms with Gasteiger partial charge in [0, 0.05) is 57.8 Å². The lowest BCUT2D eigenvalue weighted by Crippen LogP contribution is -2.66. The first-order valence-electron chi connectivity index (χ1n) is 8.38. The Balaban J connectivity index is 1.71. The lowest BCUT2D eigenvalue weighted by molar-refractivity contribution is -0.00350. The van der Waals surface area contributed by atoms with Gasteiger partial charge < -0.3 is 5.32 Å². The van der Waals surface area contributed by atoms with Crippen LogP contribution in [0.1, 0.15) is 26.1 Å². The summed E-state index contributed by atoms with van der Waals surface area (Å²) in [5.74, 6) is 1.11. The Labute approximate surface area is 127 Å². The monoisotopic (exact) mass is 292 g/mol. The van der Waals surface area contributed by atoms with Gasteiger partial charge in [-0.3, -0.25) is 14.5 Å². The summed E-state index contributed by atoms with van der Waals surface area (Å²) < 4.78 is 2.03. The van der Waals surface area contributed by atoms with E-state index in [1.54, 1.807) is 6.33 Å². The predicted octanol–water partition coefficient (Wildman–Crippen LogP) is 0.209. The molecule has 4 heterocycles. The number of nitrogens with zero attached hydrogens (tertiary/aromatic N) is 5. The zero-order valence-corrected chi connectivity index (χ0v) is 13.3. The van der Waals surface area contributed by atoms with Crippen molar-refractivity contribution in [1.82, 2.24) is 29.9 Å². The summed E-state index contributed by atoms with van der Waals surface area (Å²) >= 11 is 0. The Hall–Kier alpha value is -0.980. The van der Waals surface area contributed by atoms with Crippen molar-refractivity contribution >= 4 is 0 Å². The molecule has 1 N–H and O–H groups in total. The summed E-state index contributed by atoms with van der Waals surface area (Å²) in [4.78, 5) is 9.75. The number of fused-ring (bicyclic) bond motifs is 3. The molecule has 0 spiro atoms. The largest absolute Gasteiger partial charge is 0.312 e. The highest BCUT2D eigenvalue weighted by Crippen LogP contribution is 2.20.